The molecular formula is C17H29N3+2. The lowest BCUT2D eigenvalue weighted by Gasteiger charge is -2.31. The number of rotatable bonds is 2. The Bertz CT molecular complexity index is 448. The summed E-state index contributed by atoms with van der Waals surface area (Å²) in [6.07, 6.45) is 5.70. The van der Waals surface area contributed by atoms with E-state index in [-0.39, 0.29) is 0 Å². The smallest absolute Gasteiger partial charge is 0.163 e. The first kappa shape index (κ1) is 13.9. The number of anilines is 1. The summed E-state index contributed by atoms with van der Waals surface area (Å²) in [6, 6.07) is 7.82. The number of hydrogen-bond acceptors (Lipinski definition) is 1. The standard InChI is InChI=1S/C17H27N3/c1-19(2)15-7-8-16-14(11-15)12-18-13-17(16)20-9-5-3-4-6-10-20/h7-8,11,17-18H,3-6,9-10,12-13H2,1-2H3/p+2/t17-/m0/s1. The fourth-order valence-corrected chi connectivity index (χ4v) is 3.84. The van der Waals surface area contributed by atoms with Crippen LogP contribution in [0.2, 0.25) is 0 Å². The van der Waals surface area contributed by atoms with Gasteiger partial charge in [-0.3, -0.25) is 0 Å². The van der Waals surface area contributed by atoms with Crippen molar-refractivity contribution < 1.29 is 10.2 Å². The van der Waals surface area contributed by atoms with Crippen LogP contribution in [0.25, 0.3) is 0 Å². The number of fused-ring (bicyclic) bond motifs is 1. The molecule has 0 bridgehead atoms. The lowest BCUT2D eigenvalue weighted by Crippen LogP contribution is -3.15. The zero-order chi connectivity index (χ0) is 13.9. The number of hydrogen-bond donors (Lipinski definition) is 2. The van der Waals surface area contributed by atoms with Crippen molar-refractivity contribution in [3.05, 3.63) is 29.3 Å². The minimum atomic E-state index is 0.716. The molecule has 3 heteroatoms. The van der Waals surface area contributed by atoms with Gasteiger partial charge in [0, 0.05) is 30.9 Å². The van der Waals surface area contributed by atoms with Gasteiger partial charge in [0.05, 0.1) is 13.1 Å². The van der Waals surface area contributed by atoms with Gasteiger partial charge in [-0.25, -0.2) is 0 Å². The molecule has 1 saturated heterocycles. The van der Waals surface area contributed by atoms with Crippen LogP contribution in [0, 0.1) is 0 Å². The number of nitrogens with two attached hydrogens (primary N) is 1. The first-order valence-corrected chi connectivity index (χ1v) is 8.22. The Balaban J connectivity index is 1.85. The van der Waals surface area contributed by atoms with Gasteiger partial charge in [0.1, 0.15) is 13.1 Å². The largest absolute Gasteiger partial charge is 0.378 e. The van der Waals surface area contributed by atoms with Crippen LogP contribution in [0.4, 0.5) is 5.69 Å². The molecule has 110 valence electrons. The van der Waals surface area contributed by atoms with Crippen molar-refractivity contribution in [2.24, 2.45) is 0 Å². The molecule has 0 amide bonds. The average Bonchev–Trinajstić information content (AvgIpc) is 2.75. The van der Waals surface area contributed by atoms with E-state index in [0.29, 0.717) is 6.04 Å². The molecule has 1 atom stereocenters. The Morgan fingerprint density at radius 3 is 2.55 bits per heavy atom. The van der Waals surface area contributed by atoms with Crippen LogP contribution in [-0.4, -0.2) is 33.7 Å². The number of likely N-dealkylation sites (tertiary alicyclic amines) is 1. The maximum absolute atomic E-state index is 2.50. The molecule has 0 radical (unpaired) electrons. The molecule has 2 aliphatic heterocycles. The van der Waals surface area contributed by atoms with E-state index in [9.17, 15) is 0 Å². The van der Waals surface area contributed by atoms with E-state index in [1.54, 1.807) is 11.1 Å². The van der Waals surface area contributed by atoms with E-state index < -0.39 is 0 Å². The number of benzene rings is 1. The highest BCUT2D eigenvalue weighted by Gasteiger charge is 2.31. The lowest BCUT2D eigenvalue weighted by molar-refractivity contribution is -0.947. The van der Waals surface area contributed by atoms with Crippen LogP contribution in [0.5, 0.6) is 0 Å². The van der Waals surface area contributed by atoms with E-state index in [2.05, 4.69) is 42.5 Å². The highest BCUT2D eigenvalue weighted by molar-refractivity contribution is 5.50. The molecule has 20 heavy (non-hydrogen) atoms. The van der Waals surface area contributed by atoms with E-state index >= 15 is 0 Å². The molecular weight excluding hydrogens is 246 g/mol. The van der Waals surface area contributed by atoms with Crippen LogP contribution < -0.4 is 15.1 Å². The molecule has 0 unspecified atom stereocenters. The van der Waals surface area contributed by atoms with Crippen LogP contribution in [-0.2, 0) is 6.54 Å². The third-order valence-electron chi connectivity index (χ3n) is 5.02. The Labute approximate surface area is 123 Å². The zero-order valence-corrected chi connectivity index (χ0v) is 13.0. The van der Waals surface area contributed by atoms with E-state index in [0.717, 1.165) is 6.54 Å². The second-order valence-electron chi connectivity index (χ2n) is 6.63. The zero-order valence-electron chi connectivity index (χ0n) is 13.0. The third-order valence-corrected chi connectivity index (χ3v) is 5.02. The van der Waals surface area contributed by atoms with E-state index in [4.69, 9.17) is 0 Å². The van der Waals surface area contributed by atoms with Crippen molar-refractivity contribution in [2.75, 3.05) is 38.6 Å². The summed E-state index contributed by atoms with van der Waals surface area (Å²) in [6.45, 7) is 5.16. The van der Waals surface area contributed by atoms with Gasteiger partial charge in [-0.1, -0.05) is 6.07 Å². The lowest BCUT2D eigenvalue weighted by atomic mass is 9.94. The first-order valence-electron chi connectivity index (χ1n) is 8.22. The van der Waals surface area contributed by atoms with Gasteiger partial charge < -0.3 is 15.1 Å². The number of quaternary nitrogens is 2. The predicted octanol–water partition coefficient (Wildman–Crippen LogP) is 0.330. The fraction of sp³-hybridized carbons (Fsp3) is 0.647. The summed E-state index contributed by atoms with van der Waals surface area (Å²) in [4.78, 5) is 4.04. The molecule has 1 aromatic carbocycles. The van der Waals surface area contributed by atoms with Gasteiger partial charge in [0.15, 0.2) is 6.04 Å². The summed E-state index contributed by atoms with van der Waals surface area (Å²) in [7, 11) is 4.26. The molecule has 3 rings (SSSR count). The van der Waals surface area contributed by atoms with Crippen molar-refractivity contribution in [3.63, 3.8) is 0 Å². The molecule has 0 spiro atoms. The van der Waals surface area contributed by atoms with Crippen LogP contribution >= 0.6 is 0 Å². The van der Waals surface area contributed by atoms with Crippen molar-refractivity contribution in [2.45, 2.75) is 38.3 Å². The van der Waals surface area contributed by atoms with Gasteiger partial charge in [-0.2, -0.15) is 0 Å². The second kappa shape index (κ2) is 6.15. The second-order valence-corrected chi connectivity index (χ2v) is 6.63. The van der Waals surface area contributed by atoms with Gasteiger partial charge >= 0.3 is 0 Å². The summed E-state index contributed by atoms with van der Waals surface area (Å²) in [5, 5.41) is 2.50. The Hall–Kier alpha value is -1.06. The van der Waals surface area contributed by atoms with Crippen molar-refractivity contribution in [1.29, 1.82) is 0 Å². The highest BCUT2D eigenvalue weighted by Crippen LogP contribution is 2.23. The highest BCUT2D eigenvalue weighted by atomic mass is 15.2. The quantitative estimate of drug-likeness (QED) is 0.799. The molecule has 1 aromatic rings. The monoisotopic (exact) mass is 275 g/mol. The molecule has 0 aromatic heterocycles. The van der Waals surface area contributed by atoms with E-state index in [1.807, 2.05) is 4.90 Å². The molecule has 0 saturated carbocycles. The Morgan fingerprint density at radius 1 is 1.10 bits per heavy atom. The molecule has 3 N–H and O–H groups in total. The van der Waals surface area contributed by atoms with E-state index in [1.165, 1.54) is 51.0 Å². The van der Waals surface area contributed by atoms with Crippen molar-refractivity contribution in [1.82, 2.24) is 0 Å². The van der Waals surface area contributed by atoms with Gasteiger partial charge in [-0.05, 0) is 37.8 Å². The molecule has 2 heterocycles. The fourth-order valence-electron chi connectivity index (χ4n) is 3.84. The van der Waals surface area contributed by atoms with Gasteiger partial charge in [0.2, 0.25) is 0 Å². The van der Waals surface area contributed by atoms with Crippen LogP contribution in [0.1, 0.15) is 42.9 Å². The predicted molar refractivity (Wildman–Crippen MR) is 83.2 cm³/mol. The maximum Gasteiger partial charge on any atom is 0.163 e. The number of nitrogens with zero attached hydrogens (tertiary/aromatic N) is 1. The molecule has 1 fully saturated rings. The maximum atomic E-state index is 2.50. The summed E-state index contributed by atoms with van der Waals surface area (Å²) >= 11 is 0. The summed E-state index contributed by atoms with van der Waals surface area (Å²) in [5.41, 5.74) is 4.52. The Kier molecular flexibility index (Phi) is 4.27. The van der Waals surface area contributed by atoms with Gasteiger partial charge in [0.25, 0.3) is 0 Å². The van der Waals surface area contributed by atoms with Gasteiger partial charge in [-0.15, -0.1) is 0 Å². The molecule has 3 nitrogen and oxygen atoms in total. The minimum absolute atomic E-state index is 0.716. The normalized spacial score (nSPS) is 24.0. The average molecular weight is 275 g/mol. The summed E-state index contributed by atoms with van der Waals surface area (Å²) < 4.78 is 0. The minimum Gasteiger partial charge on any atom is -0.378 e. The third kappa shape index (κ3) is 2.84. The number of nitrogens with one attached hydrogen (secondary N) is 1. The van der Waals surface area contributed by atoms with Crippen molar-refractivity contribution >= 4 is 5.69 Å². The van der Waals surface area contributed by atoms with Crippen LogP contribution in [0.3, 0.4) is 0 Å². The molecule has 2 aliphatic rings. The van der Waals surface area contributed by atoms with Crippen molar-refractivity contribution in [3.8, 4) is 0 Å². The topological polar surface area (TPSA) is 24.3 Å². The molecule has 0 aliphatic carbocycles. The Morgan fingerprint density at radius 2 is 1.85 bits per heavy atom. The summed E-state index contributed by atoms with van der Waals surface area (Å²) in [5.74, 6) is 0. The van der Waals surface area contributed by atoms with Crippen LogP contribution in [0.15, 0.2) is 18.2 Å². The first-order chi connectivity index (χ1) is 9.75. The SMILES string of the molecule is CN(C)c1ccc2c(c1)C[NH2+]C[C@@H]2[NH+]1CCCCCC1.